The van der Waals surface area contributed by atoms with Crippen molar-refractivity contribution in [2.45, 2.75) is 63.2 Å². The zero-order valence-corrected chi connectivity index (χ0v) is 10.5. The van der Waals surface area contributed by atoms with E-state index in [-0.39, 0.29) is 0 Å². The Hall–Kier alpha value is -0.800. The molecular formula is C14H22N2O. The molecule has 3 nitrogen and oxygen atoms in total. The van der Waals surface area contributed by atoms with Crippen molar-refractivity contribution < 1.29 is 4.42 Å². The lowest BCUT2D eigenvalue weighted by Gasteiger charge is -2.41. The SMILES string of the molecule is CC(Cc1ccco1)N1C2CCC1CC(N)C2. The molecule has 0 saturated carbocycles. The van der Waals surface area contributed by atoms with Crippen molar-refractivity contribution in [3.63, 3.8) is 0 Å². The fraction of sp³-hybridized carbons (Fsp3) is 0.714. The Morgan fingerprint density at radius 3 is 2.71 bits per heavy atom. The lowest BCUT2D eigenvalue weighted by molar-refractivity contribution is 0.0830. The van der Waals surface area contributed by atoms with Crippen LogP contribution in [0.3, 0.4) is 0 Å². The van der Waals surface area contributed by atoms with E-state index in [0.717, 1.165) is 12.2 Å². The molecule has 2 saturated heterocycles. The number of piperidine rings is 1. The molecule has 3 rings (SSSR count). The van der Waals surface area contributed by atoms with Crippen LogP contribution in [0.15, 0.2) is 22.8 Å². The summed E-state index contributed by atoms with van der Waals surface area (Å²) in [5, 5.41) is 0. The Morgan fingerprint density at radius 2 is 2.12 bits per heavy atom. The predicted octanol–water partition coefficient (Wildman–Crippen LogP) is 2.16. The maximum absolute atomic E-state index is 6.11. The minimum Gasteiger partial charge on any atom is -0.469 e. The first-order valence-electron chi connectivity index (χ1n) is 6.79. The smallest absolute Gasteiger partial charge is 0.105 e. The van der Waals surface area contributed by atoms with Gasteiger partial charge in [-0.05, 0) is 44.7 Å². The van der Waals surface area contributed by atoms with E-state index in [9.17, 15) is 0 Å². The number of fused-ring (bicyclic) bond motifs is 2. The van der Waals surface area contributed by atoms with Crippen LogP contribution in [0.2, 0.25) is 0 Å². The third-order valence-electron chi connectivity index (χ3n) is 4.41. The minimum absolute atomic E-state index is 0.430. The molecule has 2 aliphatic rings. The fourth-order valence-electron chi connectivity index (χ4n) is 3.80. The molecule has 3 atom stereocenters. The third-order valence-corrected chi connectivity index (χ3v) is 4.41. The van der Waals surface area contributed by atoms with Crippen LogP contribution in [0.4, 0.5) is 0 Å². The van der Waals surface area contributed by atoms with Crippen LogP contribution in [0.25, 0.3) is 0 Å². The monoisotopic (exact) mass is 234 g/mol. The molecule has 1 aromatic heterocycles. The van der Waals surface area contributed by atoms with Crippen LogP contribution < -0.4 is 5.73 Å². The van der Waals surface area contributed by atoms with E-state index in [4.69, 9.17) is 10.2 Å². The summed E-state index contributed by atoms with van der Waals surface area (Å²) in [4.78, 5) is 2.70. The van der Waals surface area contributed by atoms with Gasteiger partial charge in [-0.2, -0.15) is 0 Å². The van der Waals surface area contributed by atoms with E-state index in [1.807, 2.05) is 6.07 Å². The molecule has 1 aromatic rings. The maximum atomic E-state index is 6.11. The number of nitrogens with two attached hydrogens (primary N) is 1. The van der Waals surface area contributed by atoms with Crippen LogP contribution in [0, 0.1) is 0 Å². The molecule has 0 radical (unpaired) electrons. The summed E-state index contributed by atoms with van der Waals surface area (Å²) in [6.07, 6.45) is 7.82. The average molecular weight is 234 g/mol. The van der Waals surface area contributed by atoms with E-state index in [1.165, 1.54) is 25.7 Å². The van der Waals surface area contributed by atoms with E-state index >= 15 is 0 Å². The number of hydrogen-bond donors (Lipinski definition) is 1. The lowest BCUT2D eigenvalue weighted by atomic mass is 9.95. The minimum atomic E-state index is 0.430. The molecule has 2 aliphatic heterocycles. The Labute approximate surface area is 103 Å². The number of rotatable bonds is 3. The van der Waals surface area contributed by atoms with Gasteiger partial charge in [0.15, 0.2) is 0 Å². The summed E-state index contributed by atoms with van der Waals surface area (Å²) in [7, 11) is 0. The summed E-state index contributed by atoms with van der Waals surface area (Å²) in [6.45, 7) is 2.32. The van der Waals surface area contributed by atoms with Gasteiger partial charge in [0.1, 0.15) is 5.76 Å². The zero-order valence-electron chi connectivity index (χ0n) is 10.5. The molecule has 0 amide bonds. The van der Waals surface area contributed by atoms with Gasteiger partial charge in [-0.3, -0.25) is 4.90 Å². The summed E-state index contributed by atoms with van der Waals surface area (Å²) < 4.78 is 5.46. The van der Waals surface area contributed by atoms with E-state index in [2.05, 4.69) is 17.9 Å². The topological polar surface area (TPSA) is 42.4 Å². The Morgan fingerprint density at radius 1 is 1.41 bits per heavy atom. The van der Waals surface area contributed by atoms with Crippen molar-refractivity contribution in [1.29, 1.82) is 0 Å². The molecule has 2 N–H and O–H groups in total. The largest absolute Gasteiger partial charge is 0.469 e. The van der Waals surface area contributed by atoms with Gasteiger partial charge in [-0.25, -0.2) is 0 Å². The molecule has 0 aliphatic carbocycles. The second kappa shape index (κ2) is 4.46. The van der Waals surface area contributed by atoms with Gasteiger partial charge in [-0.15, -0.1) is 0 Å². The van der Waals surface area contributed by atoms with Crippen LogP contribution >= 0.6 is 0 Å². The number of furan rings is 1. The summed E-state index contributed by atoms with van der Waals surface area (Å²) in [5.41, 5.74) is 6.11. The first-order valence-corrected chi connectivity index (χ1v) is 6.79. The molecule has 3 unspecified atom stereocenters. The molecular weight excluding hydrogens is 212 g/mol. The summed E-state index contributed by atoms with van der Waals surface area (Å²) in [6, 6.07) is 6.49. The number of nitrogens with zero attached hydrogens (tertiary/aromatic N) is 1. The highest BCUT2D eigenvalue weighted by Gasteiger charge is 2.41. The molecule has 3 heteroatoms. The van der Waals surface area contributed by atoms with E-state index < -0.39 is 0 Å². The van der Waals surface area contributed by atoms with Crippen molar-refractivity contribution in [3.05, 3.63) is 24.2 Å². The highest BCUT2D eigenvalue weighted by Crippen LogP contribution is 2.37. The average Bonchev–Trinajstić information content (AvgIpc) is 2.86. The van der Waals surface area contributed by atoms with Gasteiger partial charge in [-0.1, -0.05) is 0 Å². The van der Waals surface area contributed by atoms with Crippen molar-refractivity contribution >= 4 is 0 Å². The Kier molecular flexibility index (Phi) is 2.97. The Bertz CT molecular complexity index is 348. The first kappa shape index (κ1) is 11.3. The summed E-state index contributed by atoms with van der Waals surface area (Å²) in [5.74, 6) is 1.10. The zero-order chi connectivity index (χ0) is 11.8. The predicted molar refractivity (Wildman–Crippen MR) is 67.7 cm³/mol. The number of hydrogen-bond acceptors (Lipinski definition) is 3. The third kappa shape index (κ3) is 2.14. The molecule has 94 valence electrons. The Balaban J connectivity index is 1.68. The quantitative estimate of drug-likeness (QED) is 0.871. The highest BCUT2D eigenvalue weighted by molar-refractivity contribution is 5.04. The van der Waals surface area contributed by atoms with Crippen molar-refractivity contribution in [1.82, 2.24) is 4.90 Å². The standard InChI is InChI=1S/C14H22N2O/c1-10(7-14-3-2-6-17-14)16-12-4-5-13(16)9-11(15)8-12/h2-3,6,10-13H,4-5,7-9,15H2,1H3. The molecule has 0 spiro atoms. The molecule has 2 fully saturated rings. The van der Waals surface area contributed by atoms with Gasteiger partial charge >= 0.3 is 0 Å². The van der Waals surface area contributed by atoms with Gasteiger partial charge in [0, 0.05) is 30.6 Å². The van der Waals surface area contributed by atoms with Crippen molar-refractivity contribution in [3.8, 4) is 0 Å². The van der Waals surface area contributed by atoms with Crippen LogP contribution in [0.1, 0.15) is 38.4 Å². The molecule has 2 bridgehead atoms. The van der Waals surface area contributed by atoms with E-state index in [1.54, 1.807) is 6.26 Å². The van der Waals surface area contributed by atoms with E-state index in [0.29, 0.717) is 24.2 Å². The molecule has 3 heterocycles. The normalized spacial score (nSPS) is 35.1. The highest BCUT2D eigenvalue weighted by atomic mass is 16.3. The first-order chi connectivity index (χ1) is 8.24. The van der Waals surface area contributed by atoms with Crippen molar-refractivity contribution in [2.24, 2.45) is 5.73 Å². The van der Waals surface area contributed by atoms with Gasteiger partial charge in [0.25, 0.3) is 0 Å². The van der Waals surface area contributed by atoms with Crippen molar-refractivity contribution in [2.75, 3.05) is 0 Å². The molecule has 0 aromatic carbocycles. The molecule has 17 heavy (non-hydrogen) atoms. The van der Waals surface area contributed by atoms with Crippen LogP contribution in [0.5, 0.6) is 0 Å². The second-order valence-electron chi connectivity index (χ2n) is 5.70. The fourth-order valence-corrected chi connectivity index (χ4v) is 3.80. The maximum Gasteiger partial charge on any atom is 0.105 e. The van der Waals surface area contributed by atoms with Gasteiger partial charge < -0.3 is 10.2 Å². The van der Waals surface area contributed by atoms with Gasteiger partial charge in [0.05, 0.1) is 6.26 Å². The lowest BCUT2D eigenvalue weighted by Crippen LogP contribution is -2.51. The van der Waals surface area contributed by atoms with Crippen LogP contribution in [-0.2, 0) is 6.42 Å². The summed E-state index contributed by atoms with van der Waals surface area (Å²) >= 11 is 0. The van der Waals surface area contributed by atoms with Gasteiger partial charge in [0.2, 0.25) is 0 Å². The second-order valence-corrected chi connectivity index (χ2v) is 5.70. The van der Waals surface area contributed by atoms with Crippen LogP contribution in [-0.4, -0.2) is 29.1 Å².